The molecule has 1 aliphatic heterocycles. The summed E-state index contributed by atoms with van der Waals surface area (Å²) in [4.78, 5) is 16.4. The van der Waals surface area contributed by atoms with E-state index in [9.17, 15) is 18.0 Å². The summed E-state index contributed by atoms with van der Waals surface area (Å²) in [6, 6.07) is 13.1. The van der Waals surface area contributed by atoms with Gasteiger partial charge in [-0.2, -0.15) is 4.80 Å². The van der Waals surface area contributed by atoms with Crippen LogP contribution in [-0.2, 0) is 13.6 Å². The number of carbonyl (C=O) groups is 1. The summed E-state index contributed by atoms with van der Waals surface area (Å²) in [5, 5.41) is 12.0. The van der Waals surface area contributed by atoms with Gasteiger partial charge in [0.2, 0.25) is 5.82 Å². The van der Waals surface area contributed by atoms with Gasteiger partial charge in [-0.05, 0) is 61.0 Å². The molecule has 0 spiro atoms. The fourth-order valence-corrected chi connectivity index (χ4v) is 3.83. The molecule has 0 saturated carbocycles. The molecule has 3 aromatic rings. The van der Waals surface area contributed by atoms with Crippen molar-refractivity contribution >= 4 is 5.78 Å². The van der Waals surface area contributed by atoms with Crippen LogP contribution in [0.1, 0.15) is 28.8 Å². The van der Waals surface area contributed by atoms with Crippen molar-refractivity contribution in [3.05, 3.63) is 59.7 Å². The first-order valence-electron chi connectivity index (χ1n) is 10.2. The lowest BCUT2D eigenvalue weighted by molar-refractivity contribution is -0.274. The van der Waals surface area contributed by atoms with Crippen LogP contribution in [0.2, 0.25) is 0 Å². The molecule has 168 valence electrons. The zero-order valence-corrected chi connectivity index (χ0v) is 17.4. The van der Waals surface area contributed by atoms with Crippen molar-refractivity contribution in [2.24, 2.45) is 13.0 Å². The van der Waals surface area contributed by atoms with E-state index >= 15 is 0 Å². The quantitative estimate of drug-likeness (QED) is 0.537. The molecule has 0 N–H and O–H groups in total. The van der Waals surface area contributed by atoms with E-state index in [4.69, 9.17) is 0 Å². The van der Waals surface area contributed by atoms with Gasteiger partial charge < -0.3 is 4.74 Å². The van der Waals surface area contributed by atoms with Crippen LogP contribution < -0.4 is 4.74 Å². The minimum atomic E-state index is -4.74. The first kappa shape index (κ1) is 21.9. The molecule has 2 heterocycles. The molecule has 0 amide bonds. The van der Waals surface area contributed by atoms with Crippen LogP contribution in [0.5, 0.6) is 5.75 Å². The second-order valence-electron chi connectivity index (χ2n) is 7.79. The smallest absolute Gasteiger partial charge is 0.406 e. The van der Waals surface area contributed by atoms with Crippen LogP contribution in [0.15, 0.2) is 48.5 Å². The highest BCUT2D eigenvalue weighted by molar-refractivity contribution is 5.98. The SMILES string of the molecule is Cn1nnc(-c2ccc(CN3CCC(C(=O)c4ccc(OC(F)(F)F)cc4)CC3)cc2)n1. The average Bonchev–Trinajstić information content (AvgIpc) is 3.20. The summed E-state index contributed by atoms with van der Waals surface area (Å²) in [5.74, 6) is 0.0797. The predicted molar refractivity (Wildman–Crippen MR) is 110 cm³/mol. The summed E-state index contributed by atoms with van der Waals surface area (Å²) < 4.78 is 40.7. The van der Waals surface area contributed by atoms with E-state index in [1.807, 2.05) is 24.3 Å². The third kappa shape index (κ3) is 5.50. The Morgan fingerprint density at radius 1 is 1.06 bits per heavy atom. The van der Waals surface area contributed by atoms with Crippen LogP contribution >= 0.6 is 0 Å². The lowest BCUT2D eigenvalue weighted by Gasteiger charge is -2.31. The number of alkyl halides is 3. The largest absolute Gasteiger partial charge is 0.573 e. The van der Waals surface area contributed by atoms with Gasteiger partial charge in [0.25, 0.3) is 0 Å². The molecular weight excluding hydrogens is 423 g/mol. The highest BCUT2D eigenvalue weighted by Crippen LogP contribution is 2.26. The summed E-state index contributed by atoms with van der Waals surface area (Å²) in [6.07, 6.45) is -3.33. The maximum Gasteiger partial charge on any atom is 0.573 e. The molecule has 0 atom stereocenters. The normalized spacial score (nSPS) is 15.6. The Bertz CT molecular complexity index is 1060. The van der Waals surface area contributed by atoms with Gasteiger partial charge in [0.1, 0.15) is 5.75 Å². The third-order valence-corrected chi connectivity index (χ3v) is 5.46. The molecule has 0 aliphatic carbocycles. The van der Waals surface area contributed by atoms with Gasteiger partial charge in [0, 0.05) is 23.6 Å². The molecule has 0 unspecified atom stereocenters. The van der Waals surface area contributed by atoms with Crippen LogP contribution in [0.4, 0.5) is 13.2 Å². The van der Waals surface area contributed by atoms with Gasteiger partial charge in [-0.1, -0.05) is 24.3 Å². The van der Waals surface area contributed by atoms with Gasteiger partial charge in [-0.25, -0.2) is 0 Å². The molecule has 2 aromatic carbocycles. The summed E-state index contributed by atoms with van der Waals surface area (Å²) in [7, 11) is 1.72. The number of likely N-dealkylation sites (tertiary alicyclic amines) is 1. The van der Waals surface area contributed by atoms with Crippen molar-refractivity contribution in [1.82, 2.24) is 25.1 Å². The van der Waals surface area contributed by atoms with Crippen molar-refractivity contribution in [1.29, 1.82) is 0 Å². The van der Waals surface area contributed by atoms with Gasteiger partial charge in [0.05, 0.1) is 7.05 Å². The Balaban J connectivity index is 1.29. The molecule has 1 fully saturated rings. The van der Waals surface area contributed by atoms with Crippen LogP contribution in [-0.4, -0.2) is 50.3 Å². The summed E-state index contributed by atoms with van der Waals surface area (Å²) in [5.41, 5.74) is 2.46. The van der Waals surface area contributed by atoms with Crippen molar-refractivity contribution in [3.63, 3.8) is 0 Å². The van der Waals surface area contributed by atoms with Gasteiger partial charge in [-0.3, -0.25) is 9.69 Å². The van der Waals surface area contributed by atoms with E-state index in [1.54, 1.807) is 7.05 Å². The van der Waals surface area contributed by atoms with E-state index in [1.165, 1.54) is 29.1 Å². The van der Waals surface area contributed by atoms with Crippen LogP contribution in [0.25, 0.3) is 11.4 Å². The monoisotopic (exact) mass is 445 g/mol. The van der Waals surface area contributed by atoms with Crippen molar-refractivity contribution < 1.29 is 22.7 Å². The predicted octanol–water partition coefficient (Wildman–Crippen LogP) is 3.87. The topological polar surface area (TPSA) is 73.1 Å². The molecule has 1 saturated heterocycles. The molecule has 1 aliphatic rings. The maximum absolute atomic E-state index is 12.7. The third-order valence-electron chi connectivity index (χ3n) is 5.46. The Labute approximate surface area is 182 Å². The minimum absolute atomic E-state index is 0.0379. The number of hydrogen-bond donors (Lipinski definition) is 0. The highest BCUT2D eigenvalue weighted by Gasteiger charge is 2.31. The second-order valence-corrected chi connectivity index (χ2v) is 7.79. The highest BCUT2D eigenvalue weighted by atomic mass is 19.4. The number of benzene rings is 2. The number of carbonyl (C=O) groups excluding carboxylic acids is 1. The summed E-state index contributed by atoms with van der Waals surface area (Å²) in [6.45, 7) is 2.33. The average molecular weight is 445 g/mol. The fraction of sp³-hybridized carbons (Fsp3) is 0.364. The number of Topliss-reactive ketones (excluding diaryl/α,β-unsaturated/α-hetero) is 1. The molecule has 0 bridgehead atoms. The molecule has 0 radical (unpaired) electrons. The molecule has 1 aromatic heterocycles. The van der Waals surface area contributed by atoms with Gasteiger partial charge in [-0.15, -0.1) is 23.4 Å². The molecule has 4 rings (SSSR count). The first-order chi connectivity index (χ1) is 15.3. The number of ketones is 1. The van der Waals surface area contributed by atoms with Crippen molar-refractivity contribution in [3.8, 4) is 17.1 Å². The Hall–Kier alpha value is -3.27. The lowest BCUT2D eigenvalue weighted by Crippen LogP contribution is -2.35. The standard InChI is InChI=1S/C22H22F3N5O2/c1-29-27-21(26-28-29)18-4-2-15(3-5-18)14-30-12-10-17(11-13-30)20(31)16-6-8-19(9-7-16)32-22(23,24)25/h2-9,17H,10-14H2,1H3. The second kappa shape index (κ2) is 9.07. The summed E-state index contributed by atoms with van der Waals surface area (Å²) >= 11 is 0. The fourth-order valence-electron chi connectivity index (χ4n) is 3.83. The number of hydrogen-bond acceptors (Lipinski definition) is 6. The van der Waals surface area contributed by atoms with Crippen LogP contribution in [0.3, 0.4) is 0 Å². The zero-order chi connectivity index (χ0) is 22.7. The first-order valence-corrected chi connectivity index (χ1v) is 10.2. The number of tetrazole rings is 1. The number of nitrogens with zero attached hydrogens (tertiary/aromatic N) is 5. The van der Waals surface area contributed by atoms with E-state index in [2.05, 4.69) is 25.0 Å². The number of aryl methyl sites for hydroxylation is 1. The zero-order valence-electron chi connectivity index (χ0n) is 17.4. The van der Waals surface area contributed by atoms with Gasteiger partial charge >= 0.3 is 6.36 Å². The Morgan fingerprint density at radius 2 is 1.72 bits per heavy atom. The van der Waals surface area contributed by atoms with E-state index in [0.29, 0.717) is 24.2 Å². The number of piperidine rings is 1. The van der Waals surface area contributed by atoms with E-state index in [0.717, 1.165) is 30.8 Å². The van der Waals surface area contributed by atoms with Crippen LogP contribution in [0, 0.1) is 5.92 Å². The van der Waals surface area contributed by atoms with E-state index in [-0.39, 0.29) is 17.5 Å². The van der Waals surface area contributed by atoms with Crippen molar-refractivity contribution in [2.75, 3.05) is 13.1 Å². The Kier molecular flexibility index (Phi) is 6.22. The molecule has 7 nitrogen and oxygen atoms in total. The number of halogens is 3. The molecule has 32 heavy (non-hydrogen) atoms. The lowest BCUT2D eigenvalue weighted by atomic mass is 9.88. The Morgan fingerprint density at radius 3 is 2.28 bits per heavy atom. The van der Waals surface area contributed by atoms with Gasteiger partial charge in [0.15, 0.2) is 5.78 Å². The molecular formula is C22H22F3N5O2. The number of aromatic nitrogens is 4. The van der Waals surface area contributed by atoms with E-state index < -0.39 is 6.36 Å². The molecule has 10 heteroatoms. The maximum atomic E-state index is 12.7. The number of rotatable bonds is 6. The van der Waals surface area contributed by atoms with Crippen molar-refractivity contribution in [2.45, 2.75) is 25.7 Å². The number of ether oxygens (including phenoxy) is 1. The minimum Gasteiger partial charge on any atom is -0.406 e.